The quantitative estimate of drug-likeness (QED) is 0.362. The van der Waals surface area contributed by atoms with E-state index in [1.54, 1.807) is 22.6 Å². The van der Waals surface area contributed by atoms with Gasteiger partial charge in [0.1, 0.15) is 12.2 Å². The first-order valence-corrected chi connectivity index (χ1v) is 10.1. The summed E-state index contributed by atoms with van der Waals surface area (Å²) in [4.78, 5) is 30.7. The van der Waals surface area contributed by atoms with Crippen molar-refractivity contribution in [2.75, 3.05) is 32.9 Å². The highest BCUT2D eigenvalue weighted by molar-refractivity contribution is 5.84. The summed E-state index contributed by atoms with van der Waals surface area (Å²) in [5.41, 5.74) is 4.00. The Balaban J connectivity index is 1.73. The number of amides is 1. The minimum absolute atomic E-state index is 0.153. The van der Waals surface area contributed by atoms with Gasteiger partial charge in [0, 0.05) is 20.6 Å². The van der Waals surface area contributed by atoms with Crippen LogP contribution in [0.3, 0.4) is 0 Å². The maximum Gasteiger partial charge on any atom is 0.249 e. The van der Waals surface area contributed by atoms with E-state index in [1.165, 1.54) is 13.4 Å². The number of aliphatic hydroxyl groups is 1. The normalized spacial score (nSPS) is 20.7. The van der Waals surface area contributed by atoms with E-state index in [1.807, 2.05) is 6.92 Å². The zero-order chi connectivity index (χ0) is 22.7. The van der Waals surface area contributed by atoms with Gasteiger partial charge in [0.05, 0.1) is 32.3 Å². The lowest BCUT2D eigenvalue weighted by atomic mass is 10.2. The summed E-state index contributed by atoms with van der Waals surface area (Å²) in [6.45, 7) is 3.23. The van der Waals surface area contributed by atoms with Crippen LogP contribution in [0.2, 0.25) is 0 Å². The number of hydrogen-bond acceptors (Lipinski definition) is 11. The second-order valence-electron chi connectivity index (χ2n) is 7.05. The van der Waals surface area contributed by atoms with Crippen LogP contribution >= 0.6 is 0 Å². The molecule has 3 N–H and O–H groups in total. The molecular formula is C18H25N9O5. The number of hydrogen-bond donors (Lipinski definition) is 3. The van der Waals surface area contributed by atoms with Crippen molar-refractivity contribution in [2.45, 2.75) is 38.3 Å². The lowest BCUT2D eigenvalue weighted by molar-refractivity contribution is -0.134. The van der Waals surface area contributed by atoms with Crippen molar-refractivity contribution in [3.8, 4) is 11.5 Å². The Kier molecular flexibility index (Phi) is 6.55. The summed E-state index contributed by atoms with van der Waals surface area (Å²) in [6.07, 6.45) is 0.790. The molecular weight excluding hydrogens is 422 g/mol. The Morgan fingerprint density at radius 3 is 3.00 bits per heavy atom. The zero-order valence-electron chi connectivity index (χ0n) is 17.9. The van der Waals surface area contributed by atoms with Crippen molar-refractivity contribution in [2.24, 2.45) is 0 Å². The van der Waals surface area contributed by atoms with Gasteiger partial charge >= 0.3 is 0 Å². The molecule has 1 saturated heterocycles. The number of imidazole rings is 1. The van der Waals surface area contributed by atoms with Crippen LogP contribution in [-0.4, -0.2) is 85.1 Å². The molecule has 1 aliphatic rings. The molecule has 3 atom stereocenters. The van der Waals surface area contributed by atoms with Gasteiger partial charge in [-0.2, -0.15) is 0 Å². The molecule has 0 saturated carbocycles. The number of anilines is 1. The molecule has 3 aromatic heterocycles. The molecule has 0 bridgehead atoms. The second-order valence-corrected chi connectivity index (χ2v) is 7.05. The highest BCUT2D eigenvalue weighted by Gasteiger charge is 2.39. The SMILES string of the molecule is CCONc1nc(-c2cn(CCOC)nn2)nc2c1ncn2C1OC(C(=O)NC)C[C@H]1O. The van der Waals surface area contributed by atoms with Crippen molar-refractivity contribution < 1.29 is 24.2 Å². The third kappa shape index (κ3) is 4.25. The smallest absolute Gasteiger partial charge is 0.249 e. The van der Waals surface area contributed by atoms with Gasteiger partial charge in [-0.25, -0.2) is 25.1 Å². The molecule has 14 nitrogen and oxygen atoms in total. The minimum atomic E-state index is -0.925. The van der Waals surface area contributed by atoms with E-state index in [-0.39, 0.29) is 18.2 Å². The number of carbonyl (C=O) groups is 1. The summed E-state index contributed by atoms with van der Waals surface area (Å²) in [6, 6.07) is 0. The Morgan fingerprint density at radius 2 is 2.25 bits per heavy atom. The Hall–Kier alpha value is -3.20. The number of ether oxygens (including phenoxy) is 2. The van der Waals surface area contributed by atoms with E-state index < -0.39 is 18.4 Å². The van der Waals surface area contributed by atoms with Gasteiger partial charge in [0.25, 0.3) is 0 Å². The van der Waals surface area contributed by atoms with Crippen LogP contribution in [0, 0.1) is 0 Å². The largest absolute Gasteiger partial charge is 0.388 e. The van der Waals surface area contributed by atoms with Gasteiger partial charge in [-0.3, -0.25) is 14.2 Å². The minimum Gasteiger partial charge on any atom is -0.388 e. The van der Waals surface area contributed by atoms with Gasteiger partial charge in [0.15, 0.2) is 34.7 Å². The van der Waals surface area contributed by atoms with Gasteiger partial charge < -0.3 is 19.9 Å². The lowest BCUT2D eigenvalue weighted by Gasteiger charge is -2.17. The first-order chi connectivity index (χ1) is 15.5. The number of fused-ring (bicyclic) bond motifs is 1. The highest BCUT2D eigenvalue weighted by Crippen LogP contribution is 2.33. The maximum absolute atomic E-state index is 12.0. The summed E-state index contributed by atoms with van der Waals surface area (Å²) in [5.74, 6) is 0.297. The summed E-state index contributed by atoms with van der Waals surface area (Å²) in [5, 5.41) is 21.3. The molecule has 0 radical (unpaired) electrons. The van der Waals surface area contributed by atoms with Crippen molar-refractivity contribution in [1.82, 2.24) is 39.8 Å². The fraction of sp³-hybridized carbons (Fsp3) is 0.556. The molecule has 4 heterocycles. The molecule has 2 unspecified atom stereocenters. The zero-order valence-corrected chi connectivity index (χ0v) is 17.9. The van der Waals surface area contributed by atoms with E-state index in [0.717, 1.165) is 0 Å². The third-order valence-electron chi connectivity index (χ3n) is 4.93. The van der Waals surface area contributed by atoms with Crippen LogP contribution in [-0.2, 0) is 25.7 Å². The van der Waals surface area contributed by atoms with E-state index in [9.17, 15) is 9.90 Å². The third-order valence-corrected chi connectivity index (χ3v) is 4.93. The molecule has 14 heteroatoms. The van der Waals surface area contributed by atoms with E-state index in [2.05, 4.69) is 36.1 Å². The van der Waals surface area contributed by atoms with Crippen LogP contribution in [0.5, 0.6) is 0 Å². The van der Waals surface area contributed by atoms with Crippen LogP contribution in [0.1, 0.15) is 19.6 Å². The number of methoxy groups -OCH3 is 1. The predicted molar refractivity (Wildman–Crippen MR) is 110 cm³/mol. The number of likely N-dealkylation sites (N-methyl/N-ethyl adjacent to an activating group) is 1. The molecule has 32 heavy (non-hydrogen) atoms. The van der Waals surface area contributed by atoms with Crippen molar-refractivity contribution in [1.29, 1.82) is 0 Å². The molecule has 1 fully saturated rings. The maximum atomic E-state index is 12.0. The predicted octanol–water partition coefficient (Wildman–Crippen LogP) is -0.511. The highest BCUT2D eigenvalue weighted by atomic mass is 16.6. The lowest BCUT2D eigenvalue weighted by Crippen LogP contribution is -2.31. The standard InChI is InChI=1S/C18H25N9O5/c1-4-31-24-15-13-16(22-14(21-15)10-8-26(25-23-10)5-6-30-3)27(9-20-13)18-11(28)7-12(32-18)17(29)19-2/h8-9,11-12,18,28H,4-7H2,1-3H3,(H,19,29)(H,21,22,24)/t11-,12?,18?/m1/s1. The Bertz CT molecular complexity index is 1080. The summed E-state index contributed by atoms with van der Waals surface area (Å²) in [7, 11) is 3.12. The van der Waals surface area contributed by atoms with E-state index >= 15 is 0 Å². The first kappa shape index (κ1) is 22.0. The van der Waals surface area contributed by atoms with Crippen LogP contribution in [0.4, 0.5) is 5.82 Å². The summed E-state index contributed by atoms with van der Waals surface area (Å²) >= 11 is 0. The van der Waals surface area contributed by atoms with Gasteiger partial charge in [-0.15, -0.1) is 5.10 Å². The molecule has 1 amide bonds. The Morgan fingerprint density at radius 1 is 1.41 bits per heavy atom. The summed E-state index contributed by atoms with van der Waals surface area (Å²) < 4.78 is 14.1. The number of aliphatic hydroxyl groups excluding tert-OH is 1. The average molecular weight is 447 g/mol. The fourth-order valence-corrected chi connectivity index (χ4v) is 3.36. The molecule has 1 aliphatic heterocycles. The molecule has 4 rings (SSSR count). The number of carbonyl (C=O) groups excluding carboxylic acids is 1. The number of aromatic nitrogens is 7. The molecule has 3 aromatic rings. The topological polar surface area (TPSA) is 163 Å². The van der Waals surface area contributed by atoms with E-state index in [4.69, 9.17) is 14.3 Å². The van der Waals surface area contributed by atoms with E-state index in [0.29, 0.717) is 42.4 Å². The van der Waals surface area contributed by atoms with Crippen LogP contribution < -0.4 is 10.8 Å². The van der Waals surface area contributed by atoms with Crippen molar-refractivity contribution in [3.05, 3.63) is 12.5 Å². The van der Waals surface area contributed by atoms with Crippen LogP contribution in [0.15, 0.2) is 12.5 Å². The van der Waals surface area contributed by atoms with Gasteiger partial charge in [-0.1, -0.05) is 5.21 Å². The van der Waals surface area contributed by atoms with Crippen molar-refractivity contribution in [3.63, 3.8) is 0 Å². The molecule has 0 aliphatic carbocycles. The number of nitrogens with one attached hydrogen (secondary N) is 2. The molecule has 0 spiro atoms. The second kappa shape index (κ2) is 9.52. The monoisotopic (exact) mass is 447 g/mol. The number of rotatable bonds is 9. The van der Waals surface area contributed by atoms with Crippen LogP contribution in [0.25, 0.3) is 22.7 Å². The van der Waals surface area contributed by atoms with Gasteiger partial charge in [-0.05, 0) is 6.92 Å². The fourth-order valence-electron chi connectivity index (χ4n) is 3.36. The van der Waals surface area contributed by atoms with Crippen molar-refractivity contribution >= 4 is 22.9 Å². The molecule has 0 aromatic carbocycles. The average Bonchev–Trinajstić information content (AvgIpc) is 3.53. The Labute approximate surface area is 182 Å². The molecule has 172 valence electrons. The first-order valence-electron chi connectivity index (χ1n) is 10.1. The number of nitrogens with zero attached hydrogens (tertiary/aromatic N) is 7. The van der Waals surface area contributed by atoms with Gasteiger partial charge in [0.2, 0.25) is 5.91 Å².